The summed E-state index contributed by atoms with van der Waals surface area (Å²) in [6, 6.07) is 30.6. The number of amides is 4. The molecule has 4 aromatic carbocycles. The maximum Gasteiger partial charge on any atom is 0.256 e. The fraction of sp³-hybridized carbons (Fsp3) is 0.244. The number of aliphatic hydroxyl groups is 2. The number of aliphatic hydroxyl groups excluding tert-OH is 2. The Morgan fingerprint density at radius 2 is 1.06 bits per heavy atom. The summed E-state index contributed by atoms with van der Waals surface area (Å²) in [5.74, 6) is -1.60. The Hall–Kier alpha value is -6.11. The Morgan fingerprint density at radius 1 is 0.623 bits per heavy atom. The van der Waals surface area contributed by atoms with Crippen LogP contribution in [0.4, 0.5) is 11.4 Å². The number of aromatic amines is 1. The van der Waals surface area contributed by atoms with Crippen LogP contribution in [0.25, 0.3) is 22.5 Å². The van der Waals surface area contributed by atoms with Crippen LogP contribution < -0.4 is 10.6 Å². The maximum absolute atomic E-state index is 13.3. The van der Waals surface area contributed by atoms with Gasteiger partial charge in [-0.1, -0.05) is 84.9 Å². The number of hydrogen-bond donors (Lipinski definition) is 5. The second-order valence-electron chi connectivity index (χ2n) is 13.3. The van der Waals surface area contributed by atoms with Gasteiger partial charge in [0, 0.05) is 35.6 Å². The Kier molecular flexibility index (Phi) is 10.4. The van der Waals surface area contributed by atoms with E-state index in [1.807, 2.05) is 36.4 Å². The summed E-state index contributed by atoms with van der Waals surface area (Å²) >= 11 is 0. The van der Waals surface area contributed by atoms with Gasteiger partial charge in [0.2, 0.25) is 11.8 Å². The van der Waals surface area contributed by atoms with Crippen molar-refractivity contribution in [2.45, 2.75) is 50.0 Å². The largest absolute Gasteiger partial charge is 0.378 e. The molecule has 53 heavy (non-hydrogen) atoms. The molecule has 5 N–H and O–H groups in total. The molecule has 4 atom stereocenters. The molecule has 12 nitrogen and oxygen atoms in total. The van der Waals surface area contributed by atoms with Gasteiger partial charge in [-0.05, 0) is 61.1 Å². The molecule has 0 radical (unpaired) electrons. The van der Waals surface area contributed by atoms with Crippen molar-refractivity contribution in [1.82, 2.24) is 19.8 Å². The van der Waals surface area contributed by atoms with Gasteiger partial charge < -0.3 is 35.6 Å². The smallest absolute Gasteiger partial charge is 0.256 e. The van der Waals surface area contributed by atoms with Crippen LogP contribution in [0.15, 0.2) is 116 Å². The highest BCUT2D eigenvalue weighted by atomic mass is 16.3. The van der Waals surface area contributed by atoms with E-state index in [2.05, 4.69) is 20.6 Å². The van der Waals surface area contributed by atoms with Crippen LogP contribution in [0.5, 0.6) is 0 Å². The van der Waals surface area contributed by atoms with Crippen LogP contribution in [0.3, 0.4) is 0 Å². The van der Waals surface area contributed by atoms with E-state index in [0.717, 1.165) is 16.8 Å². The van der Waals surface area contributed by atoms with Gasteiger partial charge in [-0.25, -0.2) is 4.98 Å². The van der Waals surface area contributed by atoms with E-state index in [1.54, 1.807) is 79.1 Å². The summed E-state index contributed by atoms with van der Waals surface area (Å²) in [5.41, 5.74) is 5.21. The molecule has 2 fully saturated rings. The molecule has 0 bridgehead atoms. The molecule has 0 saturated carbocycles. The minimum atomic E-state index is -1.33. The normalized spacial score (nSPS) is 18.0. The van der Waals surface area contributed by atoms with Crippen LogP contribution in [0.1, 0.15) is 49.0 Å². The summed E-state index contributed by atoms with van der Waals surface area (Å²) in [4.78, 5) is 63.4. The van der Waals surface area contributed by atoms with Gasteiger partial charge in [0.1, 0.15) is 12.1 Å². The number of H-pyrrole nitrogens is 1. The number of likely N-dealkylation sites (tertiary alicyclic amines) is 2. The lowest BCUT2D eigenvalue weighted by Gasteiger charge is -2.26. The number of carbonyl (C=O) groups excluding carboxylic acids is 4. The molecule has 12 heteroatoms. The summed E-state index contributed by atoms with van der Waals surface area (Å²) in [6.07, 6.45) is 1.29. The zero-order valence-corrected chi connectivity index (χ0v) is 28.9. The number of anilines is 2. The first-order valence-electron chi connectivity index (χ1n) is 17.7. The molecule has 0 aliphatic carbocycles. The van der Waals surface area contributed by atoms with E-state index >= 15 is 0 Å². The Bertz CT molecular complexity index is 1920. The number of imidazole rings is 1. The molecular formula is C41H40N6O6. The highest BCUT2D eigenvalue weighted by Crippen LogP contribution is 2.32. The minimum Gasteiger partial charge on any atom is -0.378 e. The molecule has 2 aliphatic heterocycles. The number of carbonyl (C=O) groups is 4. The van der Waals surface area contributed by atoms with Crippen LogP contribution in [0.2, 0.25) is 0 Å². The third kappa shape index (κ3) is 7.59. The van der Waals surface area contributed by atoms with Gasteiger partial charge in [-0.2, -0.15) is 0 Å². The second kappa shape index (κ2) is 15.6. The zero-order chi connectivity index (χ0) is 36.9. The lowest BCUT2D eigenvalue weighted by atomic mass is 10.0. The summed E-state index contributed by atoms with van der Waals surface area (Å²) in [7, 11) is 0. The highest BCUT2D eigenvalue weighted by molar-refractivity contribution is 5.99. The molecule has 2 unspecified atom stereocenters. The van der Waals surface area contributed by atoms with E-state index in [9.17, 15) is 29.4 Å². The first-order valence-corrected chi connectivity index (χ1v) is 17.7. The maximum atomic E-state index is 13.3. The van der Waals surface area contributed by atoms with Crippen molar-refractivity contribution in [2.75, 3.05) is 23.7 Å². The molecule has 1 aromatic heterocycles. The molecule has 270 valence electrons. The molecule has 3 heterocycles. The zero-order valence-electron chi connectivity index (χ0n) is 28.9. The van der Waals surface area contributed by atoms with Crippen molar-refractivity contribution in [3.05, 3.63) is 127 Å². The predicted molar refractivity (Wildman–Crippen MR) is 199 cm³/mol. The highest BCUT2D eigenvalue weighted by Gasteiger charge is 2.38. The monoisotopic (exact) mass is 712 g/mol. The van der Waals surface area contributed by atoms with Crippen LogP contribution in [-0.4, -0.2) is 78.8 Å². The van der Waals surface area contributed by atoms with Crippen molar-refractivity contribution in [2.24, 2.45) is 0 Å². The van der Waals surface area contributed by atoms with Crippen LogP contribution in [0, 0.1) is 0 Å². The van der Waals surface area contributed by atoms with E-state index in [1.165, 1.54) is 9.80 Å². The van der Waals surface area contributed by atoms with E-state index < -0.39 is 36.1 Å². The van der Waals surface area contributed by atoms with Crippen molar-refractivity contribution >= 4 is 35.0 Å². The Morgan fingerprint density at radius 3 is 1.51 bits per heavy atom. The van der Waals surface area contributed by atoms with Gasteiger partial charge in [0.15, 0.2) is 12.2 Å². The summed E-state index contributed by atoms with van der Waals surface area (Å²) in [5, 5.41) is 27.2. The molecule has 2 saturated heterocycles. The van der Waals surface area contributed by atoms with E-state index in [0.29, 0.717) is 67.0 Å². The van der Waals surface area contributed by atoms with Crippen molar-refractivity contribution in [1.29, 1.82) is 0 Å². The van der Waals surface area contributed by atoms with Crippen LogP contribution >= 0.6 is 0 Å². The molecule has 4 amide bonds. The average molecular weight is 713 g/mol. The first kappa shape index (κ1) is 35.3. The number of benzene rings is 4. The number of aromatic nitrogens is 2. The summed E-state index contributed by atoms with van der Waals surface area (Å²) < 4.78 is 0. The average Bonchev–Trinajstić information content (AvgIpc) is 4.00. The predicted octanol–water partition coefficient (Wildman–Crippen LogP) is 5.07. The first-order chi connectivity index (χ1) is 25.8. The molecule has 0 spiro atoms. The number of nitrogens with zero attached hydrogens (tertiary/aromatic N) is 3. The number of hydrogen-bond acceptors (Lipinski definition) is 7. The van der Waals surface area contributed by atoms with Crippen molar-refractivity contribution in [3.63, 3.8) is 0 Å². The second-order valence-corrected chi connectivity index (χ2v) is 13.3. The standard InChI is InChI=1S/C41H40N6O6/c48-36(28-9-3-1-4-10-28)40(52)46-23-7-13-32(46)38(50)44-30-19-15-26(16-20-30)34-35(43-25-42-34)27-17-21-31(22-18-27)45-39(51)33-14-8-24-47(33)41(53)37(49)29-11-5-2-6-12-29/h1-6,9-12,15-22,25,32-33,36-37,48-49H,7-8,13-14,23-24H2,(H,42,43)(H,44,50)(H,45,51)/t32?,33?,36-,37-/m1/s1. The SMILES string of the molecule is O=C(Nc1ccc(-c2nc[nH]c2-c2ccc(NC(=O)C3CCCN3C(=O)[C@H](O)c3ccccc3)cc2)cc1)C1CCCN1C(=O)[C@H](O)c1ccccc1. The van der Waals surface area contributed by atoms with Crippen molar-refractivity contribution < 1.29 is 29.4 Å². The fourth-order valence-electron chi connectivity index (χ4n) is 7.09. The topological polar surface area (TPSA) is 168 Å². The van der Waals surface area contributed by atoms with E-state index in [4.69, 9.17) is 0 Å². The van der Waals surface area contributed by atoms with Gasteiger partial charge in [-0.15, -0.1) is 0 Å². The fourth-order valence-corrected chi connectivity index (χ4v) is 7.09. The number of nitrogens with one attached hydrogen (secondary N) is 3. The van der Waals surface area contributed by atoms with Gasteiger partial charge in [0.25, 0.3) is 11.8 Å². The van der Waals surface area contributed by atoms with Crippen LogP contribution in [-0.2, 0) is 19.2 Å². The van der Waals surface area contributed by atoms with Gasteiger partial charge >= 0.3 is 0 Å². The molecular weight excluding hydrogens is 672 g/mol. The third-order valence-electron chi connectivity index (χ3n) is 9.88. The summed E-state index contributed by atoms with van der Waals surface area (Å²) in [6.45, 7) is 0.797. The van der Waals surface area contributed by atoms with Gasteiger partial charge in [-0.3, -0.25) is 19.2 Å². The lowest BCUT2D eigenvalue weighted by molar-refractivity contribution is -0.144. The quantitative estimate of drug-likeness (QED) is 0.135. The molecule has 5 aromatic rings. The minimum absolute atomic E-state index is 0.310. The Labute approximate surface area is 306 Å². The van der Waals surface area contributed by atoms with Crippen molar-refractivity contribution in [3.8, 4) is 22.5 Å². The third-order valence-corrected chi connectivity index (χ3v) is 9.88. The van der Waals surface area contributed by atoms with Gasteiger partial charge in [0.05, 0.1) is 17.7 Å². The molecule has 7 rings (SSSR count). The van der Waals surface area contributed by atoms with E-state index in [-0.39, 0.29) is 11.8 Å². The Balaban J connectivity index is 0.969. The molecule has 2 aliphatic rings. The lowest BCUT2D eigenvalue weighted by Crippen LogP contribution is -2.45. The number of rotatable bonds is 10.